The molecule has 158 valence electrons. The zero-order valence-electron chi connectivity index (χ0n) is 17.1. The van der Waals surface area contributed by atoms with Crippen molar-refractivity contribution in [2.24, 2.45) is 0 Å². The fourth-order valence-electron chi connectivity index (χ4n) is 3.21. The summed E-state index contributed by atoms with van der Waals surface area (Å²) in [5.74, 6) is -0.355. The molecule has 9 nitrogen and oxygen atoms in total. The predicted molar refractivity (Wildman–Crippen MR) is 114 cm³/mol. The van der Waals surface area contributed by atoms with Gasteiger partial charge in [-0.05, 0) is 31.0 Å². The summed E-state index contributed by atoms with van der Waals surface area (Å²) in [6.07, 6.45) is 4.65. The monoisotopic (exact) mass is 438 g/mol. The highest BCUT2D eigenvalue weighted by Crippen LogP contribution is 2.30. The van der Waals surface area contributed by atoms with E-state index in [-0.39, 0.29) is 18.3 Å². The molecule has 0 bridgehead atoms. The molecule has 0 saturated heterocycles. The number of amides is 2. The lowest BCUT2D eigenvalue weighted by atomic mass is 10.1. The molecule has 3 aromatic heterocycles. The van der Waals surface area contributed by atoms with Crippen LogP contribution in [0.2, 0.25) is 5.02 Å². The molecule has 31 heavy (non-hydrogen) atoms. The summed E-state index contributed by atoms with van der Waals surface area (Å²) in [5.41, 5.74) is 2.94. The zero-order valence-corrected chi connectivity index (χ0v) is 17.8. The highest BCUT2D eigenvalue weighted by atomic mass is 35.5. The summed E-state index contributed by atoms with van der Waals surface area (Å²) >= 11 is 5.97. The SMILES string of the molecule is Cc1cccnc1-c1nc(C(=O)N[C@H]2COc3cc(Cl)cnc3N(C)C2=O)ncc1C. The first-order valence-electron chi connectivity index (χ1n) is 9.47. The normalized spacial score (nSPS) is 15.7. The smallest absolute Gasteiger partial charge is 0.289 e. The van der Waals surface area contributed by atoms with E-state index in [0.29, 0.717) is 28.0 Å². The number of halogens is 1. The van der Waals surface area contributed by atoms with E-state index < -0.39 is 11.9 Å². The third-order valence-electron chi connectivity index (χ3n) is 4.87. The van der Waals surface area contributed by atoms with Crippen LogP contribution in [0.15, 0.2) is 36.8 Å². The fraction of sp³-hybridized carbons (Fsp3) is 0.238. The second-order valence-corrected chi connectivity index (χ2v) is 7.54. The second-order valence-electron chi connectivity index (χ2n) is 7.10. The molecule has 3 aromatic rings. The topological polar surface area (TPSA) is 110 Å². The molecule has 1 N–H and O–H groups in total. The van der Waals surface area contributed by atoms with Crippen LogP contribution in [0, 0.1) is 13.8 Å². The summed E-state index contributed by atoms with van der Waals surface area (Å²) in [6.45, 7) is 3.68. The average molecular weight is 439 g/mol. The van der Waals surface area contributed by atoms with Crippen molar-refractivity contribution in [2.45, 2.75) is 19.9 Å². The van der Waals surface area contributed by atoms with Crippen molar-refractivity contribution in [3.63, 3.8) is 0 Å². The molecule has 0 aromatic carbocycles. The number of fused-ring (bicyclic) bond motifs is 1. The van der Waals surface area contributed by atoms with Gasteiger partial charge in [-0.1, -0.05) is 17.7 Å². The van der Waals surface area contributed by atoms with E-state index in [1.807, 2.05) is 26.0 Å². The lowest BCUT2D eigenvalue weighted by molar-refractivity contribution is -0.120. The van der Waals surface area contributed by atoms with Crippen LogP contribution < -0.4 is 15.0 Å². The lowest BCUT2D eigenvalue weighted by Gasteiger charge is -2.19. The van der Waals surface area contributed by atoms with Gasteiger partial charge in [-0.3, -0.25) is 19.5 Å². The van der Waals surface area contributed by atoms with E-state index in [2.05, 4.69) is 25.3 Å². The van der Waals surface area contributed by atoms with Gasteiger partial charge in [0, 0.05) is 31.7 Å². The Hall–Kier alpha value is -3.59. The van der Waals surface area contributed by atoms with Gasteiger partial charge in [0.15, 0.2) is 11.6 Å². The van der Waals surface area contributed by atoms with E-state index in [1.165, 1.54) is 11.1 Å². The van der Waals surface area contributed by atoms with Crippen LogP contribution in [-0.2, 0) is 4.79 Å². The van der Waals surface area contributed by atoms with Gasteiger partial charge in [0.25, 0.3) is 11.8 Å². The average Bonchev–Trinajstić information content (AvgIpc) is 2.86. The van der Waals surface area contributed by atoms with Crippen molar-refractivity contribution in [3.05, 3.63) is 58.8 Å². The molecule has 0 spiro atoms. The van der Waals surface area contributed by atoms with Gasteiger partial charge in [-0.15, -0.1) is 0 Å². The van der Waals surface area contributed by atoms with Crippen molar-refractivity contribution in [1.29, 1.82) is 0 Å². The van der Waals surface area contributed by atoms with Gasteiger partial charge in [0.2, 0.25) is 5.82 Å². The third kappa shape index (κ3) is 4.04. The van der Waals surface area contributed by atoms with E-state index in [4.69, 9.17) is 16.3 Å². The van der Waals surface area contributed by atoms with Crippen LogP contribution in [0.1, 0.15) is 21.7 Å². The molecule has 2 amide bonds. The van der Waals surface area contributed by atoms with Gasteiger partial charge in [0.1, 0.15) is 12.6 Å². The zero-order chi connectivity index (χ0) is 22.1. The van der Waals surface area contributed by atoms with E-state index in [1.54, 1.807) is 25.5 Å². The fourth-order valence-corrected chi connectivity index (χ4v) is 3.35. The number of carbonyl (C=O) groups excluding carboxylic acids is 2. The number of rotatable bonds is 3. The molecule has 0 fully saturated rings. The number of carbonyl (C=O) groups is 2. The predicted octanol–water partition coefficient (Wildman–Crippen LogP) is 2.36. The number of aryl methyl sites for hydroxylation is 2. The quantitative estimate of drug-likeness (QED) is 0.668. The Morgan fingerprint density at radius 3 is 2.77 bits per heavy atom. The lowest BCUT2D eigenvalue weighted by Crippen LogP contribution is -2.49. The first-order chi connectivity index (χ1) is 14.8. The van der Waals surface area contributed by atoms with Crippen molar-refractivity contribution in [1.82, 2.24) is 25.3 Å². The minimum Gasteiger partial charge on any atom is -0.487 e. The highest BCUT2D eigenvalue weighted by Gasteiger charge is 2.32. The van der Waals surface area contributed by atoms with Crippen LogP contribution in [-0.4, -0.2) is 51.4 Å². The van der Waals surface area contributed by atoms with Gasteiger partial charge < -0.3 is 10.1 Å². The first kappa shape index (κ1) is 20.7. The summed E-state index contributed by atoms with van der Waals surface area (Å²) in [7, 11) is 1.56. The highest BCUT2D eigenvalue weighted by molar-refractivity contribution is 6.30. The van der Waals surface area contributed by atoms with Crippen molar-refractivity contribution >= 4 is 29.2 Å². The Morgan fingerprint density at radius 2 is 2.00 bits per heavy atom. The van der Waals surface area contributed by atoms with Crippen LogP contribution in [0.3, 0.4) is 0 Å². The molecule has 4 heterocycles. The van der Waals surface area contributed by atoms with Crippen LogP contribution in [0.25, 0.3) is 11.4 Å². The van der Waals surface area contributed by atoms with Crippen molar-refractivity contribution in [3.8, 4) is 17.1 Å². The minimum absolute atomic E-state index is 0.0657. The molecule has 0 radical (unpaired) electrons. The third-order valence-corrected chi connectivity index (χ3v) is 5.07. The standard InChI is InChI=1S/C21H19ClN6O3/c1-11-5-4-6-23-16(11)17-12(2)8-24-18(27-17)20(29)26-14-10-31-15-7-13(22)9-25-19(15)28(3)21(14)30/h4-9,14H,10H2,1-3H3,(H,26,29)/t14-/m0/s1. The molecule has 0 saturated carbocycles. The second kappa shape index (κ2) is 8.27. The number of nitrogens with zero attached hydrogens (tertiary/aromatic N) is 5. The number of nitrogens with one attached hydrogen (secondary N) is 1. The van der Waals surface area contributed by atoms with E-state index >= 15 is 0 Å². The molecular formula is C21H19ClN6O3. The van der Waals surface area contributed by atoms with Crippen LogP contribution >= 0.6 is 11.6 Å². The Kier molecular flexibility index (Phi) is 5.51. The van der Waals surface area contributed by atoms with Gasteiger partial charge in [-0.2, -0.15) is 0 Å². The number of hydrogen-bond acceptors (Lipinski definition) is 7. The minimum atomic E-state index is -0.949. The van der Waals surface area contributed by atoms with Gasteiger partial charge in [-0.25, -0.2) is 15.0 Å². The van der Waals surface area contributed by atoms with Crippen LogP contribution in [0.4, 0.5) is 5.82 Å². The molecule has 1 atom stereocenters. The van der Waals surface area contributed by atoms with Gasteiger partial charge in [0.05, 0.1) is 16.4 Å². The Labute approximate surface area is 183 Å². The maximum Gasteiger partial charge on any atom is 0.289 e. The molecule has 0 aliphatic carbocycles. The number of hydrogen-bond donors (Lipinski definition) is 1. The molecule has 1 aliphatic rings. The Balaban J connectivity index is 1.58. The van der Waals surface area contributed by atoms with Crippen molar-refractivity contribution in [2.75, 3.05) is 18.6 Å². The molecule has 0 unspecified atom stereocenters. The van der Waals surface area contributed by atoms with E-state index in [9.17, 15) is 9.59 Å². The number of anilines is 1. The molecular weight excluding hydrogens is 420 g/mol. The number of pyridine rings is 2. The molecule has 10 heteroatoms. The maximum absolute atomic E-state index is 12.9. The molecule has 1 aliphatic heterocycles. The Morgan fingerprint density at radius 1 is 1.19 bits per heavy atom. The molecule has 4 rings (SSSR count). The maximum atomic E-state index is 12.9. The van der Waals surface area contributed by atoms with E-state index in [0.717, 1.165) is 11.1 Å². The number of likely N-dealkylation sites (N-methyl/N-ethyl adjacent to an activating group) is 1. The Bertz CT molecular complexity index is 1190. The van der Waals surface area contributed by atoms with Gasteiger partial charge >= 0.3 is 0 Å². The van der Waals surface area contributed by atoms with Crippen LogP contribution in [0.5, 0.6) is 5.75 Å². The summed E-state index contributed by atoms with van der Waals surface area (Å²) < 4.78 is 5.67. The number of aromatic nitrogens is 4. The largest absolute Gasteiger partial charge is 0.487 e. The summed E-state index contributed by atoms with van der Waals surface area (Å²) in [6, 6.07) is 4.37. The summed E-state index contributed by atoms with van der Waals surface area (Å²) in [4.78, 5) is 44.1. The summed E-state index contributed by atoms with van der Waals surface area (Å²) in [5, 5.41) is 3.04. The first-order valence-corrected chi connectivity index (χ1v) is 9.85. The van der Waals surface area contributed by atoms with Crippen molar-refractivity contribution < 1.29 is 14.3 Å². The number of ether oxygens (including phenoxy) is 1.